The molecule has 1 aromatic heterocycles. The van der Waals surface area contributed by atoms with E-state index in [0.717, 1.165) is 17.8 Å². The summed E-state index contributed by atoms with van der Waals surface area (Å²) in [4.78, 5) is 16.9. The number of amides is 1. The SMILES string of the molecule is Cc1ccc(CCC(=O)NC(c2ccccc2)c2nccn2C)cc1. The van der Waals surface area contributed by atoms with E-state index in [1.54, 1.807) is 6.20 Å². The zero-order valence-electron chi connectivity index (χ0n) is 14.6. The van der Waals surface area contributed by atoms with Gasteiger partial charge in [-0.2, -0.15) is 0 Å². The largest absolute Gasteiger partial charge is 0.342 e. The van der Waals surface area contributed by atoms with Gasteiger partial charge >= 0.3 is 0 Å². The van der Waals surface area contributed by atoms with E-state index in [9.17, 15) is 4.79 Å². The lowest BCUT2D eigenvalue weighted by molar-refractivity contribution is -0.121. The van der Waals surface area contributed by atoms with Gasteiger partial charge in [0.15, 0.2) is 0 Å². The maximum atomic E-state index is 12.5. The van der Waals surface area contributed by atoms with Gasteiger partial charge in [0.25, 0.3) is 0 Å². The van der Waals surface area contributed by atoms with E-state index in [1.165, 1.54) is 11.1 Å². The fraction of sp³-hybridized carbons (Fsp3) is 0.238. The number of aryl methyl sites for hydroxylation is 3. The second-order valence-electron chi connectivity index (χ2n) is 6.29. The fourth-order valence-electron chi connectivity index (χ4n) is 2.84. The van der Waals surface area contributed by atoms with Crippen molar-refractivity contribution in [3.63, 3.8) is 0 Å². The molecule has 0 aliphatic heterocycles. The highest BCUT2D eigenvalue weighted by molar-refractivity contribution is 5.77. The van der Waals surface area contributed by atoms with E-state index in [0.29, 0.717) is 6.42 Å². The van der Waals surface area contributed by atoms with Gasteiger partial charge in [0.2, 0.25) is 5.91 Å². The molecule has 0 saturated heterocycles. The molecule has 0 aliphatic carbocycles. The van der Waals surface area contributed by atoms with Gasteiger partial charge in [0.1, 0.15) is 11.9 Å². The summed E-state index contributed by atoms with van der Waals surface area (Å²) in [6.07, 6.45) is 4.83. The molecule has 25 heavy (non-hydrogen) atoms. The van der Waals surface area contributed by atoms with Gasteiger partial charge < -0.3 is 9.88 Å². The van der Waals surface area contributed by atoms with E-state index >= 15 is 0 Å². The van der Waals surface area contributed by atoms with Crippen molar-refractivity contribution in [2.75, 3.05) is 0 Å². The van der Waals surface area contributed by atoms with Crippen molar-refractivity contribution in [3.05, 3.63) is 89.5 Å². The zero-order chi connectivity index (χ0) is 17.6. The third kappa shape index (κ3) is 4.35. The molecule has 1 N–H and O–H groups in total. The van der Waals surface area contributed by atoms with Crippen LogP contribution in [0.1, 0.15) is 35.0 Å². The molecule has 0 radical (unpaired) electrons. The van der Waals surface area contributed by atoms with Crippen LogP contribution in [-0.4, -0.2) is 15.5 Å². The van der Waals surface area contributed by atoms with Crippen LogP contribution >= 0.6 is 0 Å². The van der Waals surface area contributed by atoms with Gasteiger partial charge in [-0.3, -0.25) is 4.79 Å². The molecule has 0 fully saturated rings. The van der Waals surface area contributed by atoms with Gasteiger partial charge in [-0.25, -0.2) is 4.98 Å². The van der Waals surface area contributed by atoms with E-state index < -0.39 is 0 Å². The second kappa shape index (κ2) is 7.79. The number of nitrogens with zero attached hydrogens (tertiary/aromatic N) is 2. The molecule has 3 rings (SSSR count). The Bertz CT molecular complexity index is 822. The Morgan fingerprint density at radius 2 is 1.84 bits per heavy atom. The summed E-state index contributed by atoms with van der Waals surface area (Å²) in [5.74, 6) is 0.854. The average Bonchev–Trinajstić information content (AvgIpc) is 3.06. The van der Waals surface area contributed by atoms with Gasteiger partial charge in [-0.05, 0) is 24.5 Å². The quantitative estimate of drug-likeness (QED) is 0.750. The standard InChI is InChI=1S/C21H23N3O/c1-16-8-10-17(11-9-16)12-13-19(25)23-20(18-6-4-3-5-7-18)21-22-14-15-24(21)2/h3-11,14-15,20H,12-13H2,1-2H3,(H,23,25). The van der Waals surface area contributed by atoms with E-state index in [4.69, 9.17) is 0 Å². The summed E-state index contributed by atoms with van der Waals surface area (Å²) in [5.41, 5.74) is 3.43. The first-order valence-electron chi connectivity index (χ1n) is 8.50. The second-order valence-corrected chi connectivity index (χ2v) is 6.29. The molecule has 1 atom stereocenters. The molecule has 0 aliphatic rings. The van der Waals surface area contributed by atoms with Crippen LogP contribution in [0.4, 0.5) is 0 Å². The van der Waals surface area contributed by atoms with Crippen LogP contribution in [0.25, 0.3) is 0 Å². The molecule has 4 nitrogen and oxygen atoms in total. The first kappa shape index (κ1) is 17.0. The summed E-state index contributed by atoms with van der Waals surface area (Å²) >= 11 is 0. The first-order valence-corrected chi connectivity index (χ1v) is 8.50. The Labute approximate surface area is 148 Å². The summed E-state index contributed by atoms with van der Waals surface area (Å²) in [7, 11) is 1.94. The van der Waals surface area contributed by atoms with Crippen LogP contribution in [0, 0.1) is 6.92 Å². The molecule has 1 heterocycles. The normalized spacial score (nSPS) is 11.9. The monoisotopic (exact) mass is 333 g/mol. The van der Waals surface area contributed by atoms with Crippen molar-refractivity contribution in [2.24, 2.45) is 7.05 Å². The molecule has 128 valence electrons. The summed E-state index contributed by atoms with van der Waals surface area (Å²) < 4.78 is 1.94. The van der Waals surface area contributed by atoms with Crippen LogP contribution < -0.4 is 5.32 Å². The molecular formula is C21H23N3O. The van der Waals surface area contributed by atoms with E-state index in [2.05, 4.69) is 41.5 Å². The zero-order valence-corrected chi connectivity index (χ0v) is 14.6. The minimum atomic E-state index is -0.244. The first-order chi connectivity index (χ1) is 12.1. The predicted octanol–water partition coefficient (Wildman–Crippen LogP) is 3.57. The van der Waals surface area contributed by atoms with Crippen molar-refractivity contribution in [2.45, 2.75) is 25.8 Å². The maximum Gasteiger partial charge on any atom is 0.221 e. The average molecular weight is 333 g/mol. The lowest BCUT2D eigenvalue weighted by Gasteiger charge is -2.19. The van der Waals surface area contributed by atoms with Crippen molar-refractivity contribution in [1.82, 2.24) is 14.9 Å². The number of nitrogens with one attached hydrogen (secondary N) is 1. The Morgan fingerprint density at radius 3 is 2.48 bits per heavy atom. The number of carbonyl (C=O) groups is 1. The maximum absolute atomic E-state index is 12.5. The van der Waals surface area contributed by atoms with Crippen LogP contribution in [0.3, 0.4) is 0 Å². The van der Waals surface area contributed by atoms with E-state index in [1.807, 2.05) is 48.1 Å². The highest BCUT2D eigenvalue weighted by Gasteiger charge is 2.20. The molecule has 0 spiro atoms. The molecule has 3 aromatic rings. The van der Waals surface area contributed by atoms with Crippen LogP contribution in [0.2, 0.25) is 0 Å². The van der Waals surface area contributed by atoms with Crippen LogP contribution in [0.15, 0.2) is 67.0 Å². The van der Waals surface area contributed by atoms with Crippen molar-refractivity contribution in [1.29, 1.82) is 0 Å². The van der Waals surface area contributed by atoms with Crippen LogP contribution in [-0.2, 0) is 18.3 Å². The smallest absolute Gasteiger partial charge is 0.221 e. The minimum Gasteiger partial charge on any atom is -0.342 e. The van der Waals surface area contributed by atoms with Gasteiger partial charge in [0, 0.05) is 25.9 Å². The summed E-state index contributed by atoms with van der Waals surface area (Å²) in [5, 5.41) is 3.14. The number of carbonyl (C=O) groups excluding carboxylic acids is 1. The molecular weight excluding hydrogens is 310 g/mol. The van der Waals surface area contributed by atoms with Gasteiger partial charge in [-0.15, -0.1) is 0 Å². The number of imidazole rings is 1. The molecule has 1 amide bonds. The lowest BCUT2D eigenvalue weighted by Crippen LogP contribution is -2.31. The molecule has 4 heteroatoms. The highest BCUT2D eigenvalue weighted by Crippen LogP contribution is 2.20. The highest BCUT2D eigenvalue weighted by atomic mass is 16.1. The summed E-state index contributed by atoms with van der Waals surface area (Å²) in [6, 6.07) is 18.0. The number of aromatic nitrogens is 2. The Hall–Kier alpha value is -2.88. The predicted molar refractivity (Wildman–Crippen MR) is 99.1 cm³/mol. The van der Waals surface area contributed by atoms with Gasteiger partial charge in [-0.1, -0.05) is 60.2 Å². The molecule has 2 aromatic carbocycles. The van der Waals surface area contributed by atoms with Crippen molar-refractivity contribution < 1.29 is 4.79 Å². The van der Waals surface area contributed by atoms with Crippen LogP contribution in [0.5, 0.6) is 0 Å². The Morgan fingerprint density at radius 1 is 1.12 bits per heavy atom. The minimum absolute atomic E-state index is 0.0254. The lowest BCUT2D eigenvalue weighted by atomic mass is 10.0. The molecule has 0 saturated carbocycles. The van der Waals surface area contributed by atoms with Crippen molar-refractivity contribution in [3.8, 4) is 0 Å². The fourth-order valence-corrected chi connectivity index (χ4v) is 2.84. The molecule has 1 unspecified atom stereocenters. The van der Waals surface area contributed by atoms with E-state index in [-0.39, 0.29) is 11.9 Å². The van der Waals surface area contributed by atoms with Crippen molar-refractivity contribution >= 4 is 5.91 Å². The third-order valence-electron chi connectivity index (χ3n) is 4.32. The number of hydrogen-bond acceptors (Lipinski definition) is 2. The van der Waals surface area contributed by atoms with Gasteiger partial charge in [0.05, 0.1) is 0 Å². The number of benzene rings is 2. The number of rotatable bonds is 6. The Balaban J connectivity index is 1.71. The number of hydrogen-bond donors (Lipinski definition) is 1. The molecule has 0 bridgehead atoms. The topological polar surface area (TPSA) is 46.9 Å². The summed E-state index contributed by atoms with van der Waals surface area (Å²) in [6.45, 7) is 2.06. The third-order valence-corrected chi connectivity index (χ3v) is 4.32. The Kier molecular flexibility index (Phi) is 5.29.